The van der Waals surface area contributed by atoms with Crippen molar-refractivity contribution in [1.29, 1.82) is 0 Å². The number of phenolic OH excluding ortho intramolecular Hbond substituents is 1. The van der Waals surface area contributed by atoms with Gasteiger partial charge in [0, 0.05) is 21.5 Å². The number of ether oxygens (including phenoxy) is 1. The Balaban J connectivity index is 1.75. The molecule has 0 amide bonds. The highest BCUT2D eigenvalue weighted by Gasteiger charge is 2.53. The first-order valence-corrected chi connectivity index (χ1v) is 8.92. The quantitative estimate of drug-likeness (QED) is 0.785. The molecule has 1 aliphatic carbocycles. The van der Waals surface area contributed by atoms with Gasteiger partial charge in [-0.25, -0.2) is 0 Å². The Labute approximate surface area is 156 Å². The molecule has 1 aromatic heterocycles. The minimum Gasteiger partial charge on any atom is -0.508 e. The van der Waals surface area contributed by atoms with Crippen LogP contribution in [0.5, 0.6) is 5.75 Å². The van der Waals surface area contributed by atoms with Crippen LogP contribution < -0.4 is 0 Å². The molecule has 0 saturated carbocycles. The molecule has 4 rings (SSSR count). The molecule has 3 atom stereocenters. The Kier molecular flexibility index (Phi) is 3.90. The summed E-state index contributed by atoms with van der Waals surface area (Å²) in [7, 11) is 0. The number of carboxylic acids is 1. The van der Waals surface area contributed by atoms with Crippen molar-refractivity contribution >= 4 is 28.5 Å². The van der Waals surface area contributed by atoms with Gasteiger partial charge in [-0.2, -0.15) is 0 Å². The zero-order valence-electron chi connectivity index (χ0n) is 14.6. The van der Waals surface area contributed by atoms with Crippen LogP contribution in [0.15, 0.2) is 41.5 Å². The molecule has 2 aliphatic rings. The van der Waals surface area contributed by atoms with E-state index >= 15 is 0 Å². The van der Waals surface area contributed by atoms with Crippen molar-refractivity contribution in [3.63, 3.8) is 0 Å². The fourth-order valence-corrected chi connectivity index (χ4v) is 4.06. The van der Waals surface area contributed by atoms with Gasteiger partial charge in [0.15, 0.2) is 6.23 Å². The highest BCUT2D eigenvalue weighted by Crippen LogP contribution is 2.52. The second-order valence-corrected chi connectivity index (χ2v) is 7.72. The number of carbonyl (C=O) groups is 1. The number of nitrogens with zero attached hydrogens (tertiary/aromatic N) is 1. The molecule has 2 heterocycles. The smallest absolute Gasteiger partial charge is 0.307 e. The van der Waals surface area contributed by atoms with E-state index < -0.39 is 5.97 Å². The van der Waals surface area contributed by atoms with Crippen molar-refractivity contribution in [2.75, 3.05) is 0 Å². The first-order valence-electron chi connectivity index (χ1n) is 8.55. The van der Waals surface area contributed by atoms with Gasteiger partial charge in [-0.3, -0.25) is 4.79 Å². The van der Waals surface area contributed by atoms with Crippen molar-refractivity contribution in [3.8, 4) is 5.75 Å². The summed E-state index contributed by atoms with van der Waals surface area (Å²) in [6.45, 7) is 4.04. The molecule has 3 unspecified atom stereocenters. The van der Waals surface area contributed by atoms with E-state index in [9.17, 15) is 15.0 Å². The van der Waals surface area contributed by atoms with Crippen LogP contribution in [0.3, 0.4) is 0 Å². The highest BCUT2D eigenvalue weighted by molar-refractivity contribution is 6.31. The topological polar surface area (TPSA) is 75.0 Å². The van der Waals surface area contributed by atoms with Gasteiger partial charge in [-0.1, -0.05) is 30.7 Å². The molecule has 0 radical (unpaired) electrons. The van der Waals surface area contributed by atoms with E-state index in [1.807, 2.05) is 25.1 Å². The third-order valence-corrected chi connectivity index (χ3v) is 5.70. The Hall–Kier alpha value is -2.24. The molecule has 136 valence electrons. The van der Waals surface area contributed by atoms with Crippen LogP contribution in [-0.2, 0) is 16.0 Å². The van der Waals surface area contributed by atoms with Gasteiger partial charge in [-0.05, 0) is 43.2 Å². The van der Waals surface area contributed by atoms with Crippen molar-refractivity contribution in [2.24, 2.45) is 5.41 Å². The van der Waals surface area contributed by atoms with Crippen LogP contribution in [0.2, 0.25) is 0 Å². The molecule has 1 fully saturated rings. The van der Waals surface area contributed by atoms with Crippen molar-refractivity contribution in [3.05, 3.63) is 52.7 Å². The molecule has 2 aromatic rings. The summed E-state index contributed by atoms with van der Waals surface area (Å²) in [5, 5.41) is 20.6. The number of aliphatic carboxylic acids is 1. The number of halogens is 1. The second kappa shape index (κ2) is 5.89. The number of fused-ring (bicyclic) bond motifs is 1. The molecule has 1 aromatic carbocycles. The molecule has 1 saturated heterocycles. The number of aromatic hydroxyl groups is 1. The van der Waals surface area contributed by atoms with Gasteiger partial charge < -0.3 is 19.5 Å². The van der Waals surface area contributed by atoms with Gasteiger partial charge in [0.2, 0.25) is 0 Å². The van der Waals surface area contributed by atoms with Gasteiger partial charge in [0.1, 0.15) is 11.9 Å². The summed E-state index contributed by atoms with van der Waals surface area (Å²) in [6, 6.07) is 5.06. The molecule has 1 aliphatic heterocycles. The Morgan fingerprint density at radius 2 is 2.23 bits per heavy atom. The summed E-state index contributed by atoms with van der Waals surface area (Å²) < 4.78 is 8.10. The van der Waals surface area contributed by atoms with Crippen molar-refractivity contribution in [1.82, 2.24) is 4.57 Å². The van der Waals surface area contributed by atoms with E-state index in [1.165, 1.54) is 0 Å². The van der Waals surface area contributed by atoms with Crippen molar-refractivity contribution < 1.29 is 19.7 Å². The number of hydrogen-bond donors (Lipinski definition) is 2. The van der Waals surface area contributed by atoms with E-state index in [4.69, 9.17) is 16.3 Å². The Morgan fingerprint density at radius 1 is 1.46 bits per heavy atom. The fourth-order valence-electron chi connectivity index (χ4n) is 3.92. The number of phenols is 1. The summed E-state index contributed by atoms with van der Waals surface area (Å²) in [5.41, 5.74) is 2.29. The third-order valence-electron chi connectivity index (χ3n) is 5.42. The van der Waals surface area contributed by atoms with Crippen LogP contribution in [0.4, 0.5) is 0 Å². The first-order chi connectivity index (χ1) is 12.3. The number of carboxylic acid groups (broad SMARTS) is 1. The summed E-state index contributed by atoms with van der Waals surface area (Å²) in [5.74, 6) is -0.776. The maximum Gasteiger partial charge on any atom is 0.307 e. The lowest BCUT2D eigenvalue weighted by atomic mass is 9.80. The zero-order valence-corrected chi connectivity index (χ0v) is 15.3. The normalized spacial score (nSPS) is 27.6. The number of rotatable bonds is 4. The van der Waals surface area contributed by atoms with E-state index in [0.29, 0.717) is 5.56 Å². The third kappa shape index (κ3) is 2.72. The molecule has 0 bridgehead atoms. The maximum absolute atomic E-state index is 11.3. The minimum atomic E-state index is -0.897. The summed E-state index contributed by atoms with van der Waals surface area (Å²) >= 11 is 6.04. The Bertz CT molecular complexity index is 974. The van der Waals surface area contributed by atoms with Crippen LogP contribution in [0, 0.1) is 12.3 Å². The van der Waals surface area contributed by atoms with E-state index in [1.54, 1.807) is 12.1 Å². The SMILES string of the molecule is Cc1c(CC(=O)O)c2cc(O)ccc2n1C1OC1C1(C)C=CC(Cl)=CC1. The minimum absolute atomic E-state index is 0.0134. The average molecular weight is 374 g/mol. The maximum atomic E-state index is 11.3. The van der Waals surface area contributed by atoms with Crippen LogP contribution >= 0.6 is 11.6 Å². The van der Waals surface area contributed by atoms with E-state index in [2.05, 4.69) is 17.6 Å². The fraction of sp³-hybridized carbons (Fsp3) is 0.350. The van der Waals surface area contributed by atoms with E-state index in [-0.39, 0.29) is 29.9 Å². The van der Waals surface area contributed by atoms with E-state index in [0.717, 1.165) is 28.0 Å². The Morgan fingerprint density at radius 3 is 2.88 bits per heavy atom. The summed E-state index contributed by atoms with van der Waals surface area (Å²) in [4.78, 5) is 11.3. The van der Waals surface area contributed by atoms with Crippen LogP contribution in [0.25, 0.3) is 10.9 Å². The predicted octanol–water partition coefficient (Wildman–Crippen LogP) is 4.27. The van der Waals surface area contributed by atoms with Gasteiger partial charge >= 0.3 is 5.97 Å². The number of aromatic nitrogens is 1. The first kappa shape index (κ1) is 17.2. The number of hydrogen-bond acceptors (Lipinski definition) is 3. The average Bonchev–Trinajstić information content (AvgIpc) is 3.33. The number of allylic oxidation sites excluding steroid dienone is 3. The van der Waals surface area contributed by atoms with Crippen molar-refractivity contribution in [2.45, 2.75) is 39.0 Å². The number of benzene rings is 1. The molecule has 26 heavy (non-hydrogen) atoms. The molecule has 5 nitrogen and oxygen atoms in total. The molecular formula is C20H20ClNO4. The van der Waals surface area contributed by atoms with Crippen LogP contribution in [0.1, 0.15) is 30.8 Å². The monoisotopic (exact) mass is 373 g/mol. The summed E-state index contributed by atoms with van der Waals surface area (Å²) in [6.07, 6.45) is 6.51. The second-order valence-electron chi connectivity index (χ2n) is 7.29. The molecular weight excluding hydrogens is 354 g/mol. The van der Waals surface area contributed by atoms with Crippen LogP contribution in [-0.4, -0.2) is 26.9 Å². The molecule has 6 heteroatoms. The molecule has 0 spiro atoms. The lowest BCUT2D eigenvalue weighted by Gasteiger charge is -2.25. The standard InChI is InChI=1S/C20H20ClNO4/c1-11-14(10-17(24)25)15-9-13(23)3-4-16(15)22(11)19-18(26-19)20(2)7-5-12(21)6-8-20/h3-7,9,18-19,23H,8,10H2,1-2H3,(H,24,25). The number of epoxide rings is 1. The predicted molar refractivity (Wildman–Crippen MR) is 99.4 cm³/mol. The molecule has 2 N–H and O–H groups in total. The highest BCUT2D eigenvalue weighted by atomic mass is 35.5. The van der Waals surface area contributed by atoms with Gasteiger partial charge in [0.25, 0.3) is 0 Å². The zero-order chi connectivity index (χ0) is 18.6. The van der Waals surface area contributed by atoms with Gasteiger partial charge in [-0.15, -0.1) is 0 Å². The largest absolute Gasteiger partial charge is 0.508 e. The van der Waals surface area contributed by atoms with Gasteiger partial charge in [0.05, 0.1) is 11.9 Å². The lowest BCUT2D eigenvalue weighted by molar-refractivity contribution is -0.136. The lowest BCUT2D eigenvalue weighted by Crippen LogP contribution is -2.23.